The van der Waals surface area contributed by atoms with Crippen molar-refractivity contribution in [3.63, 3.8) is 0 Å². The lowest BCUT2D eigenvalue weighted by molar-refractivity contribution is 0.0981. The number of carbonyl (C=O) groups is 1. The van der Waals surface area contributed by atoms with Crippen molar-refractivity contribution in [2.45, 2.75) is 4.90 Å². The number of amides is 1. The van der Waals surface area contributed by atoms with Crippen molar-refractivity contribution in [3.05, 3.63) is 71.1 Å². The highest BCUT2D eigenvalue weighted by molar-refractivity contribution is 7.90. The molecule has 108 valence electrons. The maximum absolute atomic E-state index is 12.1. The second-order valence-corrected chi connectivity index (χ2v) is 5.91. The van der Waals surface area contributed by atoms with Crippen LogP contribution in [0.1, 0.15) is 15.9 Å². The molecule has 0 radical (unpaired) electrons. The van der Waals surface area contributed by atoms with Crippen molar-refractivity contribution in [2.24, 2.45) is 0 Å². The molecule has 0 fully saturated rings. The number of hydrogen-bond acceptors (Lipinski definition) is 4. The van der Waals surface area contributed by atoms with E-state index in [0.29, 0.717) is 11.3 Å². The first-order valence-corrected chi connectivity index (χ1v) is 7.49. The van der Waals surface area contributed by atoms with Crippen LogP contribution in [0.2, 0.25) is 0 Å². The average Bonchev–Trinajstić information content (AvgIpc) is 2.54. The van der Waals surface area contributed by atoms with Crippen LogP contribution in [0.4, 0.5) is 5.69 Å². The van der Waals surface area contributed by atoms with E-state index in [1.165, 1.54) is 48.5 Å². The summed E-state index contributed by atoms with van der Waals surface area (Å²) < 4.78 is 26.1. The number of nitrogens with one attached hydrogen (secondary N) is 1. The van der Waals surface area contributed by atoms with Crippen molar-refractivity contribution < 1.29 is 13.2 Å². The van der Waals surface area contributed by atoms with Gasteiger partial charge in [-0.25, -0.2) is 18.0 Å². The summed E-state index contributed by atoms with van der Waals surface area (Å²) in [6.45, 7) is 6.81. The zero-order valence-corrected chi connectivity index (χ0v) is 12.0. The Kier molecular flexibility index (Phi) is 4.21. The van der Waals surface area contributed by atoms with E-state index < -0.39 is 15.9 Å². The van der Waals surface area contributed by atoms with E-state index in [-0.39, 0.29) is 10.5 Å². The van der Waals surface area contributed by atoms with Crippen molar-refractivity contribution in [2.75, 3.05) is 0 Å². The largest absolute Gasteiger partial charge is 0.268 e. The van der Waals surface area contributed by atoms with E-state index in [1.54, 1.807) is 0 Å². The maximum Gasteiger partial charge on any atom is 0.264 e. The predicted octanol–water partition coefficient (Wildman–Crippen LogP) is 2.23. The minimum Gasteiger partial charge on any atom is -0.268 e. The third kappa shape index (κ3) is 3.29. The molecule has 0 unspecified atom stereocenters. The van der Waals surface area contributed by atoms with Crippen molar-refractivity contribution in [3.8, 4) is 6.07 Å². The molecule has 0 aliphatic heterocycles. The molecule has 22 heavy (non-hydrogen) atoms. The van der Waals surface area contributed by atoms with Gasteiger partial charge in [0.05, 0.1) is 23.1 Å². The fourth-order valence-corrected chi connectivity index (χ4v) is 2.61. The minimum absolute atomic E-state index is 0.109. The molecule has 1 N–H and O–H groups in total. The summed E-state index contributed by atoms with van der Waals surface area (Å²) in [4.78, 5) is 15.0. The Labute approximate surface area is 127 Å². The Morgan fingerprint density at radius 1 is 1.09 bits per heavy atom. The summed E-state index contributed by atoms with van der Waals surface area (Å²) in [6.07, 6.45) is 0. The molecular weight excluding hydrogens is 302 g/mol. The molecule has 0 aliphatic rings. The zero-order valence-electron chi connectivity index (χ0n) is 11.1. The molecule has 2 rings (SSSR count). The van der Waals surface area contributed by atoms with E-state index >= 15 is 0 Å². The lowest BCUT2D eigenvalue weighted by Gasteiger charge is -2.07. The number of sulfonamides is 1. The summed E-state index contributed by atoms with van der Waals surface area (Å²) in [5.74, 6) is -0.793. The second kappa shape index (κ2) is 6.08. The van der Waals surface area contributed by atoms with Gasteiger partial charge in [0, 0.05) is 5.56 Å². The van der Waals surface area contributed by atoms with Gasteiger partial charge in [0.25, 0.3) is 15.9 Å². The van der Waals surface area contributed by atoms with Gasteiger partial charge in [-0.3, -0.25) is 4.79 Å². The van der Waals surface area contributed by atoms with Crippen LogP contribution in [0.5, 0.6) is 0 Å². The SMILES string of the molecule is [C-]#[N+]c1ccc(S(=O)(=O)NC(=O)c2ccc(C#N)cc2)cc1. The molecule has 6 nitrogen and oxygen atoms in total. The molecule has 0 atom stereocenters. The maximum atomic E-state index is 12.1. The smallest absolute Gasteiger partial charge is 0.264 e. The summed E-state index contributed by atoms with van der Waals surface area (Å²) in [5.41, 5.74) is 0.798. The van der Waals surface area contributed by atoms with Crippen molar-refractivity contribution in [1.29, 1.82) is 5.26 Å². The van der Waals surface area contributed by atoms with Crippen molar-refractivity contribution in [1.82, 2.24) is 4.72 Å². The fraction of sp³-hybridized carbons (Fsp3) is 0. The monoisotopic (exact) mass is 311 g/mol. The van der Waals surface area contributed by atoms with Gasteiger partial charge in [-0.1, -0.05) is 24.3 Å². The van der Waals surface area contributed by atoms with Gasteiger partial charge in [0.1, 0.15) is 0 Å². The third-order valence-electron chi connectivity index (χ3n) is 2.78. The van der Waals surface area contributed by atoms with Crippen LogP contribution in [0, 0.1) is 17.9 Å². The number of benzene rings is 2. The first kappa shape index (κ1) is 15.2. The van der Waals surface area contributed by atoms with Crippen LogP contribution in [-0.4, -0.2) is 14.3 Å². The molecule has 7 heteroatoms. The Balaban J connectivity index is 2.21. The molecule has 0 saturated heterocycles. The second-order valence-electron chi connectivity index (χ2n) is 4.23. The summed E-state index contributed by atoms with van der Waals surface area (Å²) in [7, 11) is -4.02. The van der Waals surface area contributed by atoms with Gasteiger partial charge in [0.15, 0.2) is 5.69 Å². The van der Waals surface area contributed by atoms with E-state index in [2.05, 4.69) is 4.85 Å². The standard InChI is InChI=1S/C15H9N3O3S/c1-17-13-6-8-14(9-7-13)22(20,21)18-15(19)12-4-2-11(10-16)3-5-12/h2-9H,(H,18,19). The van der Waals surface area contributed by atoms with E-state index in [9.17, 15) is 13.2 Å². The zero-order chi connectivity index (χ0) is 16.2. The Bertz CT molecular complexity index is 887. The third-order valence-corrected chi connectivity index (χ3v) is 4.13. The lowest BCUT2D eigenvalue weighted by Crippen LogP contribution is -2.30. The van der Waals surface area contributed by atoms with Crippen LogP contribution < -0.4 is 4.72 Å². The lowest BCUT2D eigenvalue weighted by atomic mass is 10.1. The summed E-state index contributed by atoms with van der Waals surface area (Å²) >= 11 is 0. The van der Waals surface area contributed by atoms with Crippen molar-refractivity contribution >= 4 is 21.6 Å². The molecule has 0 saturated carbocycles. The molecule has 0 heterocycles. The van der Waals surface area contributed by atoms with E-state index in [1.807, 2.05) is 10.8 Å². The number of nitriles is 1. The van der Waals surface area contributed by atoms with Crippen LogP contribution in [0.15, 0.2) is 53.4 Å². The van der Waals surface area contributed by atoms with Gasteiger partial charge in [-0.2, -0.15) is 5.26 Å². The van der Waals surface area contributed by atoms with Gasteiger partial charge >= 0.3 is 0 Å². The highest BCUT2D eigenvalue weighted by Gasteiger charge is 2.18. The Morgan fingerprint density at radius 2 is 1.68 bits per heavy atom. The molecular formula is C15H9N3O3S. The molecule has 0 spiro atoms. The van der Waals surface area contributed by atoms with Crippen LogP contribution in [0.25, 0.3) is 4.85 Å². The Morgan fingerprint density at radius 3 is 2.18 bits per heavy atom. The molecule has 2 aromatic carbocycles. The van der Waals surface area contributed by atoms with Crippen LogP contribution in [0.3, 0.4) is 0 Å². The van der Waals surface area contributed by atoms with Crippen LogP contribution >= 0.6 is 0 Å². The van der Waals surface area contributed by atoms with Gasteiger partial charge < -0.3 is 0 Å². The quantitative estimate of drug-likeness (QED) is 0.880. The van der Waals surface area contributed by atoms with Crippen LogP contribution in [-0.2, 0) is 10.0 Å². The number of carbonyl (C=O) groups excluding carboxylic acids is 1. The fourth-order valence-electron chi connectivity index (χ4n) is 1.64. The Hall–Kier alpha value is -3.16. The molecule has 0 bridgehead atoms. The molecule has 2 aromatic rings. The average molecular weight is 311 g/mol. The molecule has 0 aliphatic carbocycles. The number of nitrogens with zero attached hydrogens (tertiary/aromatic N) is 2. The van der Waals surface area contributed by atoms with E-state index in [0.717, 1.165) is 0 Å². The van der Waals surface area contributed by atoms with Gasteiger partial charge in [-0.15, -0.1) is 0 Å². The summed E-state index contributed by atoms with van der Waals surface area (Å²) in [5, 5.41) is 8.68. The van der Waals surface area contributed by atoms with Gasteiger partial charge in [0.2, 0.25) is 0 Å². The number of rotatable bonds is 3. The molecule has 0 aromatic heterocycles. The highest BCUT2D eigenvalue weighted by Crippen LogP contribution is 2.16. The first-order valence-electron chi connectivity index (χ1n) is 6.01. The predicted molar refractivity (Wildman–Crippen MR) is 78.5 cm³/mol. The summed E-state index contributed by atoms with van der Waals surface area (Å²) in [6, 6.07) is 12.7. The topological polar surface area (TPSA) is 91.4 Å². The minimum atomic E-state index is -4.02. The number of hydrogen-bond donors (Lipinski definition) is 1. The first-order chi connectivity index (χ1) is 10.5. The highest BCUT2D eigenvalue weighted by atomic mass is 32.2. The van der Waals surface area contributed by atoms with E-state index in [4.69, 9.17) is 11.8 Å². The normalized spacial score (nSPS) is 10.3. The van der Waals surface area contributed by atoms with Gasteiger partial charge in [-0.05, 0) is 24.3 Å². The molecule has 1 amide bonds.